The maximum absolute atomic E-state index is 12.1. The fourth-order valence-electron chi connectivity index (χ4n) is 2.20. The minimum atomic E-state index is -0.00306. The van der Waals surface area contributed by atoms with E-state index in [4.69, 9.17) is 4.74 Å². The van der Waals surface area contributed by atoms with Crippen molar-refractivity contribution in [2.75, 3.05) is 7.11 Å². The molecule has 1 atom stereocenters. The lowest BCUT2D eigenvalue weighted by Crippen LogP contribution is -2.15. The molecule has 1 rings (SSSR count). The van der Waals surface area contributed by atoms with Crippen LogP contribution in [0.3, 0.4) is 0 Å². The van der Waals surface area contributed by atoms with Crippen LogP contribution >= 0.6 is 0 Å². The molecule has 0 N–H and O–H groups in total. The molecule has 4 nitrogen and oxygen atoms in total. The first-order chi connectivity index (χ1) is 8.33. The van der Waals surface area contributed by atoms with Crippen LogP contribution in [0.4, 0.5) is 0 Å². The molecule has 1 unspecified atom stereocenters. The Labute approximate surface area is 109 Å². The summed E-state index contributed by atoms with van der Waals surface area (Å²) in [4.78, 5) is 20.2. The predicted octanol–water partition coefficient (Wildman–Crippen LogP) is 3.13. The molecular formula is C14H22N2O2. The summed E-state index contributed by atoms with van der Waals surface area (Å²) in [6.45, 7) is 8.62. The van der Waals surface area contributed by atoms with E-state index < -0.39 is 0 Å². The van der Waals surface area contributed by atoms with Gasteiger partial charge in [-0.05, 0) is 17.8 Å². The van der Waals surface area contributed by atoms with Gasteiger partial charge in [-0.1, -0.05) is 27.7 Å². The highest BCUT2D eigenvalue weighted by Gasteiger charge is 2.21. The molecular weight excluding hydrogens is 228 g/mol. The van der Waals surface area contributed by atoms with E-state index in [1.807, 2.05) is 0 Å². The molecule has 0 spiro atoms. The van der Waals surface area contributed by atoms with Gasteiger partial charge in [0.2, 0.25) is 5.88 Å². The highest BCUT2D eigenvalue weighted by atomic mass is 16.5. The second kappa shape index (κ2) is 5.94. The second-order valence-electron chi connectivity index (χ2n) is 5.91. The number of methoxy groups -OCH3 is 1. The Bertz CT molecular complexity index is 411. The monoisotopic (exact) mass is 250 g/mol. The highest BCUT2D eigenvalue weighted by Crippen LogP contribution is 2.27. The van der Waals surface area contributed by atoms with E-state index in [-0.39, 0.29) is 11.2 Å². The van der Waals surface area contributed by atoms with Gasteiger partial charge < -0.3 is 4.74 Å². The molecule has 4 heteroatoms. The van der Waals surface area contributed by atoms with Crippen molar-refractivity contribution in [3.8, 4) is 5.88 Å². The first-order valence-corrected chi connectivity index (χ1v) is 6.21. The molecule has 1 heterocycles. The van der Waals surface area contributed by atoms with Crippen LogP contribution in [0.5, 0.6) is 5.88 Å². The van der Waals surface area contributed by atoms with Crippen LogP contribution < -0.4 is 4.74 Å². The van der Waals surface area contributed by atoms with Crippen molar-refractivity contribution in [2.24, 2.45) is 11.3 Å². The number of rotatable bonds is 5. The highest BCUT2D eigenvalue weighted by molar-refractivity contribution is 5.96. The second-order valence-corrected chi connectivity index (χ2v) is 5.91. The Hall–Kier alpha value is -1.45. The Kier molecular flexibility index (Phi) is 4.82. The van der Waals surface area contributed by atoms with E-state index in [1.165, 1.54) is 19.5 Å². The average molecular weight is 250 g/mol. The van der Waals surface area contributed by atoms with Crippen molar-refractivity contribution in [1.82, 2.24) is 9.97 Å². The van der Waals surface area contributed by atoms with Gasteiger partial charge in [-0.2, -0.15) is 0 Å². The van der Waals surface area contributed by atoms with Crippen molar-refractivity contribution < 1.29 is 9.53 Å². The summed E-state index contributed by atoms with van der Waals surface area (Å²) in [6, 6.07) is 0. The first-order valence-electron chi connectivity index (χ1n) is 6.21. The van der Waals surface area contributed by atoms with Crippen molar-refractivity contribution in [2.45, 2.75) is 40.5 Å². The fraction of sp³-hybridized carbons (Fsp3) is 0.643. The molecule has 0 radical (unpaired) electrons. The molecule has 1 aromatic heterocycles. The van der Waals surface area contributed by atoms with Crippen LogP contribution in [-0.4, -0.2) is 22.9 Å². The molecule has 0 bridgehead atoms. The van der Waals surface area contributed by atoms with E-state index in [2.05, 4.69) is 37.7 Å². The van der Waals surface area contributed by atoms with Crippen LogP contribution in [0.1, 0.15) is 51.0 Å². The number of hydrogen-bond acceptors (Lipinski definition) is 4. The van der Waals surface area contributed by atoms with Gasteiger partial charge >= 0.3 is 0 Å². The number of Topliss-reactive ketones (excluding diaryl/α,β-unsaturated/α-hetero) is 1. The Morgan fingerprint density at radius 1 is 1.33 bits per heavy atom. The fourth-order valence-corrected chi connectivity index (χ4v) is 2.20. The van der Waals surface area contributed by atoms with Gasteiger partial charge in [0.25, 0.3) is 0 Å². The lowest BCUT2D eigenvalue weighted by Gasteiger charge is -2.22. The van der Waals surface area contributed by atoms with Gasteiger partial charge in [0.05, 0.1) is 7.11 Å². The zero-order valence-electron chi connectivity index (χ0n) is 11.9. The van der Waals surface area contributed by atoms with Gasteiger partial charge in [-0.15, -0.1) is 0 Å². The number of carbonyl (C=O) groups is 1. The Morgan fingerprint density at radius 3 is 2.50 bits per heavy atom. The van der Waals surface area contributed by atoms with Crippen LogP contribution in [0, 0.1) is 11.3 Å². The minimum Gasteiger partial charge on any atom is -0.479 e. The maximum Gasteiger partial charge on any atom is 0.243 e. The molecule has 0 fully saturated rings. The first kappa shape index (κ1) is 14.6. The number of nitrogens with zero attached hydrogens (tertiary/aromatic N) is 2. The lowest BCUT2D eigenvalue weighted by atomic mass is 9.83. The largest absolute Gasteiger partial charge is 0.479 e. The van der Waals surface area contributed by atoms with E-state index in [1.54, 1.807) is 0 Å². The summed E-state index contributed by atoms with van der Waals surface area (Å²) in [5.41, 5.74) is 0.562. The molecule has 0 aliphatic heterocycles. The van der Waals surface area contributed by atoms with E-state index in [0.29, 0.717) is 23.9 Å². The van der Waals surface area contributed by atoms with Crippen molar-refractivity contribution in [3.63, 3.8) is 0 Å². The van der Waals surface area contributed by atoms with Gasteiger partial charge in [0.15, 0.2) is 11.5 Å². The summed E-state index contributed by atoms with van der Waals surface area (Å²) in [5.74, 6) is 0.631. The number of aromatic nitrogens is 2. The van der Waals surface area contributed by atoms with Crippen molar-refractivity contribution >= 4 is 5.78 Å². The molecule has 0 saturated carbocycles. The molecule has 0 aliphatic rings. The molecule has 1 aromatic rings. The van der Waals surface area contributed by atoms with Crippen molar-refractivity contribution in [3.05, 3.63) is 18.1 Å². The summed E-state index contributed by atoms with van der Waals surface area (Å²) in [5, 5.41) is 0. The SMILES string of the molecule is COc1nccnc1C(=O)CC(C)CC(C)(C)C. The standard InChI is InChI=1S/C14H22N2O2/c1-10(9-14(2,3)4)8-11(17)12-13(18-5)16-7-6-15-12/h6-7,10H,8-9H2,1-5H3. The molecule has 0 aromatic carbocycles. The molecule has 0 saturated heterocycles. The topological polar surface area (TPSA) is 52.1 Å². The summed E-state index contributed by atoms with van der Waals surface area (Å²) < 4.78 is 5.05. The predicted molar refractivity (Wildman–Crippen MR) is 70.8 cm³/mol. The Morgan fingerprint density at radius 2 is 1.94 bits per heavy atom. The van der Waals surface area contributed by atoms with Gasteiger partial charge in [0, 0.05) is 18.8 Å². The van der Waals surface area contributed by atoms with Crippen LogP contribution in [0.15, 0.2) is 12.4 Å². The number of ether oxygens (including phenoxy) is 1. The molecule has 100 valence electrons. The van der Waals surface area contributed by atoms with Gasteiger partial charge in [-0.25, -0.2) is 9.97 Å². The van der Waals surface area contributed by atoms with Crippen LogP contribution in [0.25, 0.3) is 0 Å². The quantitative estimate of drug-likeness (QED) is 0.753. The number of ketones is 1. The van der Waals surface area contributed by atoms with E-state index in [0.717, 1.165) is 6.42 Å². The third-order valence-corrected chi connectivity index (χ3v) is 2.62. The van der Waals surface area contributed by atoms with E-state index >= 15 is 0 Å². The van der Waals surface area contributed by atoms with E-state index in [9.17, 15) is 4.79 Å². The smallest absolute Gasteiger partial charge is 0.243 e. The van der Waals surface area contributed by atoms with Crippen LogP contribution in [0.2, 0.25) is 0 Å². The third-order valence-electron chi connectivity index (χ3n) is 2.62. The third kappa shape index (κ3) is 4.43. The molecule has 0 amide bonds. The lowest BCUT2D eigenvalue weighted by molar-refractivity contribution is 0.0945. The normalized spacial score (nSPS) is 13.2. The van der Waals surface area contributed by atoms with Crippen molar-refractivity contribution in [1.29, 1.82) is 0 Å². The zero-order chi connectivity index (χ0) is 13.8. The van der Waals surface area contributed by atoms with Gasteiger partial charge in [-0.3, -0.25) is 4.79 Å². The summed E-state index contributed by atoms with van der Waals surface area (Å²) in [7, 11) is 1.50. The maximum atomic E-state index is 12.1. The summed E-state index contributed by atoms with van der Waals surface area (Å²) >= 11 is 0. The Balaban J connectivity index is 2.71. The summed E-state index contributed by atoms with van der Waals surface area (Å²) in [6.07, 6.45) is 4.52. The minimum absolute atomic E-state index is 0.00306. The zero-order valence-corrected chi connectivity index (χ0v) is 11.9. The number of carbonyl (C=O) groups excluding carboxylic acids is 1. The molecule has 18 heavy (non-hydrogen) atoms. The average Bonchev–Trinajstić information content (AvgIpc) is 2.26. The molecule has 0 aliphatic carbocycles. The van der Waals surface area contributed by atoms with Gasteiger partial charge in [0.1, 0.15) is 0 Å². The van der Waals surface area contributed by atoms with Crippen LogP contribution in [-0.2, 0) is 0 Å². The number of hydrogen-bond donors (Lipinski definition) is 0.